The number of benzene rings is 1. The fourth-order valence-corrected chi connectivity index (χ4v) is 3.45. The van der Waals surface area contributed by atoms with E-state index in [1.54, 1.807) is 28.9 Å². The van der Waals surface area contributed by atoms with Crippen molar-refractivity contribution in [2.75, 3.05) is 18.6 Å². The minimum Gasteiger partial charge on any atom is -0.494 e. The summed E-state index contributed by atoms with van der Waals surface area (Å²) in [6, 6.07) is 6.75. The quantitative estimate of drug-likeness (QED) is 0.733. The van der Waals surface area contributed by atoms with E-state index in [0.717, 1.165) is 28.3 Å². The van der Waals surface area contributed by atoms with E-state index < -0.39 is 0 Å². The minimum atomic E-state index is -0.381. The predicted octanol–water partition coefficient (Wildman–Crippen LogP) is 0.864. The Balaban J connectivity index is 1.71. The average Bonchev–Trinajstić information content (AvgIpc) is 3.11. The van der Waals surface area contributed by atoms with Crippen LogP contribution >= 0.6 is 0 Å². The van der Waals surface area contributed by atoms with Crippen LogP contribution in [-0.2, 0) is 23.2 Å². The van der Waals surface area contributed by atoms with Gasteiger partial charge in [0.1, 0.15) is 12.3 Å². The summed E-state index contributed by atoms with van der Waals surface area (Å²) in [5, 5.41) is 4.35. The Kier molecular flexibility index (Phi) is 5.60. The number of likely N-dealkylation sites (N-methyl/N-ethyl adjacent to an activating group) is 1. The molecule has 2 atom stereocenters. The lowest BCUT2D eigenvalue weighted by molar-refractivity contribution is -0.908. The number of rotatable bonds is 7. The molecule has 1 aromatic carbocycles. The van der Waals surface area contributed by atoms with E-state index in [-0.39, 0.29) is 24.3 Å². The van der Waals surface area contributed by atoms with Crippen LogP contribution in [0.15, 0.2) is 30.5 Å². The average molecular weight is 371 g/mol. The maximum absolute atomic E-state index is 12.9. The van der Waals surface area contributed by atoms with Crippen LogP contribution in [0.4, 0.5) is 5.69 Å². The Morgan fingerprint density at radius 3 is 2.56 bits per heavy atom. The van der Waals surface area contributed by atoms with Gasteiger partial charge in [0.2, 0.25) is 5.91 Å². The van der Waals surface area contributed by atoms with Gasteiger partial charge in [-0.25, -0.2) is 4.90 Å². The number of ether oxygens (including phenoxy) is 1. The molecular formula is C20H27N4O3+. The highest BCUT2D eigenvalue weighted by atomic mass is 16.5. The van der Waals surface area contributed by atoms with Crippen molar-refractivity contribution < 1.29 is 19.2 Å². The summed E-state index contributed by atoms with van der Waals surface area (Å²) in [6.45, 7) is 5.30. The number of nitrogens with one attached hydrogen (secondary N) is 1. The first-order valence-corrected chi connectivity index (χ1v) is 9.31. The second-order valence-electron chi connectivity index (χ2n) is 7.10. The summed E-state index contributed by atoms with van der Waals surface area (Å²) in [5.74, 6) is 0.432. The summed E-state index contributed by atoms with van der Waals surface area (Å²) < 4.78 is 7.34. The number of nitrogens with zero attached hydrogens (tertiary/aromatic N) is 3. The number of carbonyl (C=O) groups is 2. The van der Waals surface area contributed by atoms with Gasteiger partial charge in [-0.2, -0.15) is 5.10 Å². The van der Waals surface area contributed by atoms with Crippen LogP contribution < -0.4 is 14.5 Å². The Bertz CT molecular complexity index is 828. The first-order valence-electron chi connectivity index (χ1n) is 9.31. The maximum atomic E-state index is 12.9. The third kappa shape index (κ3) is 4.03. The van der Waals surface area contributed by atoms with E-state index >= 15 is 0 Å². The van der Waals surface area contributed by atoms with Gasteiger partial charge in [-0.1, -0.05) is 6.92 Å². The van der Waals surface area contributed by atoms with Crippen LogP contribution in [-0.4, -0.2) is 41.3 Å². The molecule has 2 aromatic rings. The monoisotopic (exact) mass is 371 g/mol. The van der Waals surface area contributed by atoms with Gasteiger partial charge in [0.05, 0.1) is 31.5 Å². The molecule has 0 aliphatic carbocycles. The SMILES string of the molecule is CCCOc1ccc(N2C(=O)C[C@@H]([NH+](C)Cc3cn(C)nc3C)C2=O)cc1. The second kappa shape index (κ2) is 7.92. The zero-order chi connectivity index (χ0) is 19.6. The van der Waals surface area contributed by atoms with E-state index in [2.05, 4.69) is 5.10 Å². The van der Waals surface area contributed by atoms with Crippen molar-refractivity contribution in [3.63, 3.8) is 0 Å². The van der Waals surface area contributed by atoms with Gasteiger partial charge in [0.15, 0.2) is 6.04 Å². The molecule has 144 valence electrons. The lowest BCUT2D eigenvalue weighted by atomic mass is 10.2. The van der Waals surface area contributed by atoms with Crippen LogP contribution in [0.1, 0.15) is 31.0 Å². The number of carbonyl (C=O) groups excluding carboxylic acids is 2. The molecule has 1 aliphatic heterocycles. The molecule has 7 heteroatoms. The van der Waals surface area contributed by atoms with Crippen molar-refractivity contribution in [3.8, 4) is 5.75 Å². The van der Waals surface area contributed by atoms with Crippen LogP contribution in [0.25, 0.3) is 0 Å². The smallest absolute Gasteiger partial charge is 0.292 e. The van der Waals surface area contributed by atoms with Gasteiger partial charge in [-0.05, 0) is 37.6 Å². The van der Waals surface area contributed by atoms with Gasteiger partial charge >= 0.3 is 0 Å². The second-order valence-corrected chi connectivity index (χ2v) is 7.10. The van der Waals surface area contributed by atoms with Gasteiger partial charge in [0, 0.05) is 18.8 Å². The molecule has 1 aliphatic rings. The molecule has 1 N–H and O–H groups in total. The number of aromatic nitrogens is 2. The molecule has 2 heterocycles. The molecular weight excluding hydrogens is 344 g/mol. The van der Waals surface area contributed by atoms with Gasteiger partial charge in [0.25, 0.3) is 5.91 Å². The molecule has 1 aromatic heterocycles. The first-order chi connectivity index (χ1) is 12.9. The van der Waals surface area contributed by atoms with Crippen molar-refractivity contribution in [2.24, 2.45) is 7.05 Å². The highest BCUT2D eigenvalue weighted by Crippen LogP contribution is 2.24. The van der Waals surface area contributed by atoms with E-state index in [1.165, 1.54) is 4.90 Å². The molecule has 0 saturated carbocycles. The van der Waals surface area contributed by atoms with E-state index in [9.17, 15) is 9.59 Å². The number of hydrogen-bond acceptors (Lipinski definition) is 4. The zero-order valence-corrected chi connectivity index (χ0v) is 16.4. The van der Waals surface area contributed by atoms with Crippen LogP contribution in [0.2, 0.25) is 0 Å². The largest absolute Gasteiger partial charge is 0.494 e. The summed E-state index contributed by atoms with van der Waals surface area (Å²) in [5.41, 5.74) is 2.64. The first kappa shape index (κ1) is 19.1. The molecule has 0 radical (unpaired) electrons. The molecule has 0 spiro atoms. The van der Waals surface area contributed by atoms with Crippen molar-refractivity contribution in [1.29, 1.82) is 0 Å². The fourth-order valence-electron chi connectivity index (χ4n) is 3.45. The number of imide groups is 1. The zero-order valence-electron chi connectivity index (χ0n) is 16.4. The number of hydrogen-bond donors (Lipinski definition) is 1. The standard InChI is InChI=1S/C20H26N4O3/c1-5-10-27-17-8-6-16(7-9-17)24-19(25)11-18(20(24)26)22(3)12-15-13-23(4)21-14(15)2/h6-9,13,18H,5,10-12H2,1-4H3/p+1/t18-/m1/s1. The molecule has 7 nitrogen and oxygen atoms in total. The topological polar surface area (TPSA) is 68.9 Å². The third-order valence-corrected chi connectivity index (χ3v) is 4.89. The predicted molar refractivity (Wildman–Crippen MR) is 102 cm³/mol. The third-order valence-electron chi connectivity index (χ3n) is 4.89. The van der Waals surface area contributed by atoms with Crippen molar-refractivity contribution in [1.82, 2.24) is 9.78 Å². The highest BCUT2D eigenvalue weighted by molar-refractivity contribution is 6.21. The summed E-state index contributed by atoms with van der Waals surface area (Å²) in [4.78, 5) is 27.7. The fraction of sp³-hybridized carbons (Fsp3) is 0.450. The van der Waals surface area contributed by atoms with Crippen LogP contribution in [0, 0.1) is 6.92 Å². The molecule has 3 rings (SSSR count). The molecule has 0 bridgehead atoms. The number of anilines is 1. The van der Waals surface area contributed by atoms with Crippen LogP contribution in [0.5, 0.6) is 5.75 Å². The minimum absolute atomic E-state index is 0.152. The Labute approximate surface area is 159 Å². The molecule has 1 fully saturated rings. The van der Waals surface area contributed by atoms with Crippen molar-refractivity contribution >= 4 is 17.5 Å². The Morgan fingerprint density at radius 1 is 1.26 bits per heavy atom. The maximum Gasteiger partial charge on any atom is 0.292 e. The molecule has 1 saturated heterocycles. The lowest BCUT2D eigenvalue weighted by Gasteiger charge is -2.20. The summed E-state index contributed by atoms with van der Waals surface area (Å²) >= 11 is 0. The van der Waals surface area contributed by atoms with Gasteiger partial charge in [-0.3, -0.25) is 14.3 Å². The normalized spacial score (nSPS) is 18.2. The van der Waals surface area contributed by atoms with Crippen molar-refractivity contribution in [3.05, 3.63) is 41.7 Å². The van der Waals surface area contributed by atoms with Crippen molar-refractivity contribution in [2.45, 2.75) is 39.3 Å². The number of amides is 2. The Hall–Kier alpha value is -2.67. The number of quaternary nitrogens is 1. The molecule has 2 amide bonds. The summed E-state index contributed by atoms with van der Waals surface area (Å²) in [7, 11) is 3.83. The van der Waals surface area contributed by atoms with Gasteiger partial charge < -0.3 is 9.64 Å². The van der Waals surface area contributed by atoms with Gasteiger partial charge in [-0.15, -0.1) is 0 Å². The molecule has 27 heavy (non-hydrogen) atoms. The molecule has 1 unspecified atom stereocenters. The van der Waals surface area contributed by atoms with E-state index in [1.807, 2.05) is 34.1 Å². The van der Waals surface area contributed by atoms with Crippen LogP contribution in [0.3, 0.4) is 0 Å². The number of aryl methyl sites for hydroxylation is 2. The van der Waals surface area contributed by atoms with E-state index in [4.69, 9.17) is 4.74 Å². The Morgan fingerprint density at radius 2 is 1.96 bits per heavy atom. The highest BCUT2D eigenvalue weighted by Gasteiger charge is 2.44. The summed E-state index contributed by atoms with van der Waals surface area (Å²) in [6.07, 6.45) is 3.11. The van der Waals surface area contributed by atoms with E-state index in [0.29, 0.717) is 18.8 Å². The lowest BCUT2D eigenvalue weighted by Crippen LogP contribution is -3.12.